The van der Waals surface area contributed by atoms with Crippen LogP contribution < -0.4 is 10.1 Å². The number of carbonyl (C=O) groups is 2. The molecular weight excluding hydrogens is 335 g/mol. The summed E-state index contributed by atoms with van der Waals surface area (Å²) in [6.45, 7) is 0.690. The van der Waals surface area contributed by atoms with Crippen molar-refractivity contribution in [2.24, 2.45) is 0 Å². The minimum Gasteiger partial charge on any atom is -0.490 e. The van der Waals surface area contributed by atoms with Crippen LogP contribution in [0.25, 0.3) is 0 Å². The first-order chi connectivity index (χ1) is 10.1. The van der Waals surface area contributed by atoms with Gasteiger partial charge in [-0.2, -0.15) is 0 Å². The highest BCUT2D eigenvalue weighted by Crippen LogP contribution is 2.31. The van der Waals surface area contributed by atoms with Crippen LogP contribution in [0, 0.1) is 0 Å². The molecule has 2 amide bonds. The number of rotatable bonds is 6. The van der Waals surface area contributed by atoms with Crippen LogP contribution in [0.5, 0.6) is 5.75 Å². The third kappa shape index (κ3) is 4.69. The smallest absolute Gasteiger partial charge is 0.239 e. The number of carbonyl (C=O) groups excluding carboxylic acids is 2. The number of nitrogens with zero attached hydrogens (tertiary/aromatic N) is 1. The highest BCUT2D eigenvalue weighted by atomic mass is 35.5. The van der Waals surface area contributed by atoms with Gasteiger partial charge in [-0.3, -0.25) is 9.59 Å². The van der Waals surface area contributed by atoms with E-state index in [0.717, 1.165) is 0 Å². The lowest BCUT2D eigenvalue weighted by molar-refractivity contribution is -0.132. The second kappa shape index (κ2) is 7.77. The van der Waals surface area contributed by atoms with Crippen molar-refractivity contribution in [1.82, 2.24) is 10.2 Å². The average molecular weight is 349 g/mol. The molecule has 1 aromatic carbocycles. The molecule has 2 rings (SSSR count). The quantitative estimate of drug-likeness (QED) is 0.799. The van der Waals surface area contributed by atoms with Crippen LogP contribution in [0.4, 0.5) is 0 Å². The third-order valence-electron chi connectivity index (χ3n) is 2.76. The van der Waals surface area contributed by atoms with Gasteiger partial charge in [0.05, 0.1) is 23.2 Å². The molecule has 0 spiro atoms. The van der Waals surface area contributed by atoms with Gasteiger partial charge < -0.3 is 15.0 Å². The van der Waals surface area contributed by atoms with Crippen molar-refractivity contribution in [2.45, 2.75) is 0 Å². The molecule has 0 atom stereocenters. The van der Waals surface area contributed by atoms with Gasteiger partial charge in [0.2, 0.25) is 11.8 Å². The summed E-state index contributed by atoms with van der Waals surface area (Å²) in [7, 11) is 0. The minimum atomic E-state index is -0.202. The van der Waals surface area contributed by atoms with Gasteiger partial charge in [0.25, 0.3) is 0 Å². The molecule has 8 heteroatoms. The summed E-state index contributed by atoms with van der Waals surface area (Å²) >= 11 is 13.3. The van der Waals surface area contributed by atoms with Crippen molar-refractivity contribution < 1.29 is 14.3 Å². The number of thioether (sulfide) groups is 1. The second-order valence-corrected chi connectivity index (χ2v) is 6.06. The Kier molecular flexibility index (Phi) is 6.02. The maximum absolute atomic E-state index is 11.7. The molecule has 0 radical (unpaired) electrons. The molecule has 0 bridgehead atoms. The molecule has 5 nitrogen and oxygen atoms in total. The van der Waals surface area contributed by atoms with E-state index < -0.39 is 0 Å². The Morgan fingerprint density at radius 1 is 1.43 bits per heavy atom. The number of hydrogen-bond donors (Lipinski definition) is 1. The van der Waals surface area contributed by atoms with Gasteiger partial charge in [0.15, 0.2) is 0 Å². The predicted molar refractivity (Wildman–Crippen MR) is 84.0 cm³/mol. The molecular formula is C13H14Cl2N2O3S. The molecule has 0 aliphatic carbocycles. The Hall–Kier alpha value is -1.11. The summed E-state index contributed by atoms with van der Waals surface area (Å²) in [5.41, 5.74) is 0. The predicted octanol–water partition coefficient (Wildman–Crippen LogP) is 2.02. The molecule has 0 unspecified atom stereocenters. The van der Waals surface area contributed by atoms with E-state index in [-0.39, 0.29) is 25.0 Å². The molecule has 1 fully saturated rings. The molecule has 21 heavy (non-hydrogen) atoms. The SMILES string of the molecule is O=C(CN1CSCC1=O)NCCOc1cccc(Cl)c1Cl. The number of amides is 2. The van der Waals surface area contributed by atoms with E-state index in [1.807, 2.05) is 0 Å². The number of ether oxygens (including phenoxy) is 1. The Morgan fingerprint density at radius 2 is 2.24 bits per heavy atom. The Bertz CT molecular complexity index is 542. The maximum Gasteiger partial charge on any atom is 0.239 e. The van der Waals surface area contributed by atoms with Crippen molar-refractivity contribution in [2.75, 3.05) is 31.3 Å². The second-order valence-electron chi connectivity index (χ2n) is 4.32. The zero-order valence-electron chi connectivity index (χ0n) is 11.1. The first kappa shape index (κ1) is 16.3. The number of benzene rings is 1. The number of nitrogens with one attached hydrogen (secondary N) is 1. The van der Waals surface area contributed by atoms with Crippen LogP contribution in [0.2, 0.25) is 10.0 Å². The van der Waals surface area contributed by atoms with Gasteiger partial charge in [-0.25, -0.2) is 0 Å². The first-order valence-electron chi connectivity index (χ1n) is 6.27. The minimum absolute atomic E-state index is 0.00268. The zero-order valence-corrected chi connectivity index (χ0v) is 13.4. The van der Waals surface area contributed by atoms with Crippen molar-refractivity contribution in [3.8, 4) is 5.75 Å². The first-order valence-corrected chi connectivity index (χ1v) is 8.18. The summed E-state index contributed by atoms with van der Waals surface area (Å²) in [4.78, 5) is 24.5. The summed E-state index contributed by atoms with van der Waals surface area (Å²) in [6.07, 6.45) is 0. The number of hydrogen-bond acceptors (Lipinski definition) is 4. The molecule has 0 aromatic heterocycles. The van der Waals surface area contributed by atoms with Crippen LogP contribution in [0.15, 0.2) is 18.2 Å². The van der Waals surface area contributed by atoms with E-state index in [1.54, 1.807) is 18.2 Å². The lowest BCUT2D eigenvalue weighted by Gasteiger charge is -2.14. The molecule has 1 aliphatic rings. The summed E-state index contributed by atoms with van der Waals surface area (Å²) in [5.74, 6) is 1.29. The van der Waals surface area contributed by atoms with Crippen molar-refractivity contribution >= 4 is 46.8 Å². The Labute approximate surface area is 136 Å². The molecule has 1 saturated heterocycles. The fourth-order valence-electron chi connectivity index (χ4n) is 1.72. The normalized spacial score (nSPS) is 14.4. The topological polar surface area (TPSA) is 58.6 Å². The molecule has 1 aliphatic heterocycles. The van der Waals surface area contributed by atoms with E-state index in [0.29, 0.717) is 34.0 Å². The van der Waals surface area contributed by atoms with E-state index >= 15 is 0 Å². The lowest BCUT2D eigenvalue weighted by atomic mass is 10.3. The molecule has 0 saturated carbocycles. The third-order valence-corrected chi connectivity index (χ3v) is 4.50. The van der Waals surface area contributed by atoms with Crippen LogP contribution in [-0.4, -0.2) is 48.0 Å². The zero-order chi connectivity index (χ0) is 15.2. The summed E-state index contributed by atoms with van der Waals surface area (Å²) < 4.78 is 5.44. The van der Waals surface area contributed by atoms with Gasteiger partial charge >= 0.3 is 0 Å². The fourth-order valence-corrected chi connectivity index (χ4v) is 2.97. The summed E-state index contributed by atoms with van der Waals surface area (Å²) in [6, 6.07) is 5.11. The van der Waals surface area contributed by atoms with Crippen molar-refractivity contribution in [1.29, 1.82) is 0 Å². The van der Waals surface area contributed by atoms with Crippen LogP contribution >= 0.6 is 35.0 Å². The highest BCUT2D eigenvalue weighted by molar-refractivity contribution is 8.00. The van der Waals surface area contributed by atoms with Gasteiger partial charge in [-0.05, 0) is 12.1 Å². The highest BCUT2D eigenvalue weighted by Gasteiger charge is 2.22. The van der Waals surface area contributed by atoms with Crippen LogP contribution in [-0.2, 0) is 9.59 Å². The Morgan fingerprint density at radius 3 is 2.95 bits per heavy atom. The number of halogens is 2. The largest absolute Gasteiger partial charge is 0.490 e. The lowest BCUT2D eigenvalue weighted by Crippen LogP contribution is -2.39. The van der Waals surface area contributed by atoms with Crippen molar-refractivity contribution in [3.05, 3.63) is 28.2 Å². The van der Waals surface area contributed by atoms with E-state index in [2.05, 4.69) is 5.32 Å². The van der Waals surface area contributed by atoms with Gasteiger partial charge in [0, 0.05) is 0 Å². The van der Waals surface area contributed by atoms with E-state index in [1.165, 1.54) is 16.7 Å². The maximum atomic E-state index is 11.7. The standard InChI is InChI=1S/C13H14Cl2N2O3S/c14-9-2-1-3-10(13(9)15)20-5-4-16-11(18)6-17-8-21-7-12(17)19/h1-3H,4-8H2,(H,16,18). The van der Waals surface area contributed by atoms with Crippen molar-refractivity contribution in [3.63, 3.8) is 0 Å². The van der Waals surface area contributed by atoms with Crippen LogP contribution in [0.1, 0.15) is 0 Å². The average Bonchev–Trinajstić information content (AvgIpc) is 2.85. The molecule has 1 aromatic rings. The fraction of sp³-hybridized carbons (Fsp3) is 0.385. The van der Waals surface area contributed by atoms with Gasteiger partial charge in [0.1, 0.15) is 23.9 Å². The van der Waals surface area contributed by atoms with E-state index in [4.69, 9.17) is 27.9 Å². The van der Waals surface area contributed by atoms with Crippen LogP contribution in [0.3, 0.4) is 0 Å². The van der Waals surface area contributed by atoms with Gasteiger partial charge in [-0.1, -0.05) is 29.3 Å². The van der Waals surface area contributed by atoms with Gasteiger partial charge in [-0.15, -0.1) is 11.8 Å². The Balaban J connectivity index is 1.68. The summed E-state index contributed by atoms with van der Waals surface area (Å²) in [5, 5.41) is 3.46. The van der Waals surface area contributed by atoms with E-state index in [9.17, 15) is 9.59 Å². The molecule has 114 valence electrons. The monoisotopic (exact) mass is 348 g/mol. The molecule has 1 N–H and O–H groups in total. The molecule has 1 heterocycles.